The molecule has 0 fully saturated rings. The highest BCUT2D eigenvalue weighted by atomic mass is 32.1. The molecule has 5 heterocycles. The van der Waals surface area contributed by atoms with Gasteiger partial charge in [-0.25, -0.2) is 14.0 Å². The van der Waals surface area contributed by atoms with Gasteiger partial charge in [-0.05, 0) is 60.3 Å². The van der Waals surface area contributed by atoms with Crippen molar-refractivity contribution in [2.24, 2.45) is 0 Å². The first-order chi connectivity index (χ1) is 17.9. The molecule has 1 atom stereocenters. The molecule has 0 saturated carbocycles. The number of halogens is 1. The number of rotatable bonds is 3. The summed E-state index contributed by atoms with van der Waals surface area (Å²) in [6, 6.07) is 11.2. The van der Waals surface area contributed by atoms with E-state index in [2.05, 4.69) is 21.8 Å². The Kier molecular flexibility index (Phi) is 6.10. The number of nitrogens with one attached hydrogen (secondary N) is 1. The van der Waals surface area contributed by atoms with Gasteiger partial charge < -0.3 is 24.4 Å². The van der Waals surface area contributed by atoms with Gasteiger partial charge in [0.25, 0.3) is 0 Å². The Morgan fingerprint density at radius 1 is 1.11 bits per heavy atom. The fourth-order valence-electron chi connectivity index (χ4n) is 5.19. The molecular weight excluding hydrogens is 511 g/mol. The quantitative estimate of drug-likeness (QED) is 0.344. The molecule has 2 aliphatic heterocycles. The van der Waals surface area contributed by atoms with Gasteiger partial charge in [0, 0.05) is 29.7 Å². The third-order valence-electron chi connectivity index (χ3n) is 6.98. The summed E-state index contributed by atoms with van der Waals surface area (Å²) in [7, 11) is 3.44. The Morgan fingerprint density at radius 2 is 1.92 bits per heavy atom. The third kappa shape index (κ3) is 4.14. The van der Waals surface area contributed by atoms with Crippen molar-refractivity contribution in [3.05, 3.63) is 92.0 Å². The number of hydrogen-bond donors (Lipinski definition) is 1. The summed E-state index contributed by atoms with van der Waals surface area (Å²) in [5.74, 6) is -0.828. The van der Waals surface area contributed by atoms with Gasteiger partial charge in [-0.15, -0.1) is 22.7 Å². The second kappa shape index (κ2) is 9.44. The zero-order valence-electron chi connectivity index (χ0n) is 20.4. The van der Waals surface area contributed by atoms with E-state index in [0.29, 0.717) is 17.1 Å². The molecule has 0 aliphatic carbocycles. The second-order valence-electron chi connectivity index (χ2n) is 9.25. The normalized spacial score (nSPS) is 16.9. The number of anilines is 1. The summed E-state index contributed by atoms with van der Waals surface area (Å²) in [4.78, 5) is 32.0. The SMILES string of the molecule is COC(=O)c1sccc1NC(=O)N1Cc2c(sc3c2CCN(C)C3)-n2cccc2[C@@H]1c1ccc(F)cc1. The average Bonchev–Trinajstić information content (AvgIpc) is 3.61. The van der Waals surface area contributed by atoms with Crippen molar-refractivity contribution >= 4 is 40.4 Å². The van der Waals surface area contributed by atoms with Crippen LogP contribution in [-0.2, 0) is 24.2 Å². The first-order valence-corrected chi connectivity index (χ1v) is 13.6. The number of benzene rings is 1. The molecule has 0 spiro atoms. The van der Waals surface area contributed by atoms with Crippen LogP contribution in [0, 0.1) is 5.82 Å². The maximum atomic E-state index is 14.0. The van der Waals surface area contributed by atoms with Gasteiger partial charge in [0.05, 0.1) is 31.1 Å². The molecule has 1 aromatic carbocycles. The lowest BCUT2D eigenvalue weighted by Crippen LogP contribution is -2.38. The zero-order valence-corrected chi connectivity index (χ0v) is 22.0. The molecule has 0 unspecified atom stereocenters. The van der Waals surface area contributed by atoms with Gasteiger partial charge >= 0.3 is 12.0 Å². The van der Waals surface area contributed by atoms with Crippen molar-refractivity contribution in [2.45, 2.75) is 25.6 Å². The van der Waals surface area contributed by atoms with E-state index in [0.717, 1.165) is 41.3 Å². The fourth-order valence-corrected chi connectivity index (χ4v) is 7.40. The molecule has 0 saturated heterocycles. The van der Waals surface area contributed by atoms with Crippen molar-refractivity contribution in [3.8, 4) is 5.00 Å². The number of amides is 2. The number of ether oxygens (including phenoxy) is 1. The van der Waals surface area contributed by atoms with Crippen LogP contribution in [0.3, 0.4) is 0 Å². The molecule has 1 N–H and O–H groups in total. The number of aromatic nitrogens is 1. The van der Waals surface area contributed by atoms with Crippen LogP contribution in [0.25, 0.3) is 5.00 Å². The zero-order chi connectivity index (χ0) is 25.7. The van der Waals surface area contributed by atoms with Crippen LogP contribution in [0.1, 0.15) is 43.0 Å². The first-order valence-electron chi connectivity index (χ1n) is 11.9. The fraction of sp³-hybridized carbons (Fsp3) is 0.259. The Hall–Kier alpha value is -3.47. The molecule has 7 nitrogen and oxygen atoms in total. The van der Waals surface area contributed by atoms with Crippen molar-refractivity contribution in [3.63, 3.8) is 0 Å². The number of methoxy groups -OCH3 is 1. The Balaban J connectivity index is 1.48. The maximum absolute atomic E-state index is 14.0. The Labute approximate surface area is 221 Å². The Morgan fingerprint density at radius 3 is 2.70 bits per heavy atom. The van der Waals surface area contributed by atoms with E-state index in [4.69, 9.17) is 4.74 Å². The largest absolute Gasteiger partial charge is 0.465 e. The van der Waals surface area contributed by atoms with E-state index in [9.17, 15) is 14.0 Å². The number of likely N-dealkylation sites (N-methyl/N-ethyl adjacent to an activating group) is 1. The molecule has 3 aromatic heterocycles. The van der Waals surface area contributed by atoms with Crippen LogP contribution in [0.15, 0.2) is 54.0 Å². The summed E-state index contributed by atoms with van der Waals surface area (Å²) in [5, 5.41) is 5.82. The van der Waals surface area contributed by atoms with E-state index < -0.39 is 12.0 Å². The van der Waals surface area contributed by atoms with Gasteiger partial charge in [-0.2, -0.15) is 0 Å². The first kappa shape index (κ1) is 23.9. The molecule has 2 aliphatic rings. The molecule has 190 valence electrons. The van der Waals surface area contributed by atoms with Gasteiger partial charge in [0.1, 0.15) is 15.7 Å². The maximum Gasteiger partial charge on any atom is 0.350 e. The average molecular weight is 537 g/mol. The van der Waals surface area contributed by atoms with E-state index >= 15 is 0 Å². The number of carbonyl (C=O) groups excluding carboxylic acids is 2. The van der Waals surface area contributed by atoms with Crippen molar-refractivity contribution in [1.29, 1.82) is 0 Å². The molecule has 37 heavy (non-hydrogen) atoms. The third-order valence-corrected chi connectivity index (χ3v) is 9.13. The number of esters is 1. The lowest BCUT2D eigenvalue weighted by Gasteiger charge is -2.31. The lowest BCUT2D eigenvalue weighted by molar-refractivity contribution is 0.0607. The lowest BCUT2D eigenvalue weighted by atomic mass is 10.0. The van der Waals surface area contributed by atoms with Gasteiger partial charge in [0.15, 0.2) is 0 Å². The van der Waals surface area contributed by atoms with Crippen LogP contribution in [0.5, 0.6) is 0 Å². The van der Waals surface area contributed by atoms with Crippen LogP contribution >= 0.6 is 22.7 Å². The summed E-state index contributed by atoms with van der Waals surface area (Å²) < 4.78 is 20.9. The van der Waals surface area contributed by atoms with Gasteiger partial charge in [0.2, 0.25) is 0 Å². The predicted octanol–water partition coefficient (Wildman–Crippen LogP) is 5.65. The molecule has 10 heteroatoms. The molecule has 2 amide bonds. The molecule has 4 aromatic rings. The van der Waals surface area contributed by atoms with Crippen molar-refractivity contribution in [1.82, 2.24) is 14.4 Å². The predicted molar refractivity (Wildman–Crippen MR) is 142 cm³/mol. The summed E-state index contributed by atoms with van der Waals surface area (Å²) in [5.41, 5.74) is 4.59. The van der Waals surface area contributed by atoms with E-state index in [-0.39, 0.29) is 11.8 Å². The molecule has 0 radical (unpaired) electrons. The molecule has 0 bridgehead atoms. The molecular formula is C27H25FN4O3S2. The topological polar surface area (TPSA) is 66.8 Å². The van der Waals surface area contributed by atoms with Crippen LogP contribution in [-0.4, -0.2) is 47.1 Å². The van der Waals surface area contributed by atoms with Crippen molar-refractivity contribution < 1.29 is 18.7 Å². The number of hydrogen-bond acceptors (Lipinski definition) is 6. The monoisotopic (exact) mass is 536 g/mol. The van der Waals surface area contributed by atoms with Crippen LogP contribution in [0.4, 0.5) is 14.9 Å². The van der Waals surface area contributed by atoms with E-state index in [1.807, 2.05) is 18.3 Å². The molecule has 6 rings (SSSR count). The minimum absolute atomic E-state index is 0.331. The minimum Gasteiger partial charge on any atom is -0.465 e. The van der Waals surface area contributed by atoms with Gasteiger partial charge in [-0.1, -0.05) is 12.1 Å². The summed E-state index contributed by atoms with van der Waals surface area (Å²) in [6.07, 6.45) is 2.95. The number of thiophene rings is 2. The van der Waals surface area contributed by atoms with Gasteiger partial charge in [-0.3, -0.25) is 0 Å². The standard InChI is InChI=1S/C27H25FN4O3S2/c1-30-12-9-18-19-14-32(27(34)29-20-10-13-36-24(20)26(33)35-2)23(16-5-7-17(28)8-6-16)21-4-3-11-31(21)25(19)37-22(18)15-30/h3-8,10-11,13,23H,9,12,14-15H2,1-2H3,(H,29,34)/t23-/m0/s1. The Bertz CT molecular complexity index is 1490. The number of nitrogens with zero attached hydrogens (tertiary/aromatic N) is 3. The highest BCUT2D eigenvalue weighted by molar-refractivity contribution is 7.15. The second-order valence-corrected chi connectivity index (χ2v) is 11.2. The highest BCUT2D eigenvalue weighted by Gasteiger charge is 2.36. The summed E-state index contributed by atoms with van der Waals surface area (Å²) >= 11 is 2.99. The van der Waals surface area contributed by atoms with E-state index in [1.54, 1.807) is 39.8 Å². The number of fused-ring (bicyclic) bond motifs is 5. The minimum atomic E-state index is -0.497. The van der Waals surface area contributed by atoms with Crippen molar-refractivity contribution in [2.75, 3.05) is 26.0 Å². The van der Waals surface area contributed by atoms with E-state index in [1.165, 1.54) is 41.0 Å². The smallest absolute Gasteiger partial charge is 0.350 e. The highest BCUT2D eigenvalue weighted by Crippen LogP contribution is 2.43. The van der Waals surface area contributed by atoms with Crippen LogP contribution < -0.4 is 5.32 Å². The van der Waals surface area contributed by atoms with Crippen LogP contribution in [0.2, 0.25) is 0 Å². The number of carbonyl (C=O) groups is 2. The number of urea groups is 1. The summed E-state index contributed by atoms with van der Waals surface area (Å²) in [6.45, 7) is 2.23.